The predicted octanol–water partition coefficient (Wildman–Crippen LogP) is 4.71. The van der Waals surface area contributed by atoms with Crippen molar-refractivity contribution in [3.8, 4) is 0 Å². The molecule has 0 aliphatic carbocycles. The van der Waals surface area contributed by atoms with E-state index in [4.69, 9.17) is 0 Å². The van der Waals surface area contributed by atoms with E-state index >= 15 is 0 Å². The molecule has 0 unspecified atom stereocenters. The lowest BCUT2D eigenvalue weighted by atomic mass is 9.98. The average molecular weight is 338 g/mol. The van der Waals surface area contributed by atoms with Crippen molar-refractivity contribution < 1.29 is 0 Å². The summed E-state index contributed by atoms with van der Waals surface area (Å²) in [5.74, 6) is 0.988. The molecule has 3 nitrogen and oxygen atoms in total. The topological polar surface area (TPSA) is 45.8 Å². The van der Waals surface area contributed by atoms with Crippen molar-refractivity contribution in [1.29, 1.82) is 0 Å². The summed E-state index contributed by atoms with van der Waals surface area (Å²) in [6.07, 6.45) is 2.88. The molecule has 0 bridgehead atoms. The fraction of sp³-hybridized carbons (Fsp3) is 0.300. The van der Waals surface area contributed by atoms with Crippen LogP contribution in [0, 0.1) is 6.92 Å². The molecule has 0 saturated heterocycles. The van der Waals surface area contributed by atoms with Crippen molar-refractivity contribution in [2.24, 2.45) is 0 Å². The summed E-state index contributed by atoms with van der Waals surface area (Å²) in [7, 11) is 0. The molecule has 2 aromatic carbocycles. The number of benzene rings is 2. The zero-order valence-electron chi connectivity index (χ0n) is 14.1. The van der Waals surface area contributed by atoms with Gasteiger partial charge in [-0.1, -0.05) is 67.6 Å². The quantitative estimate of drug-likeness (QED) is 0.402. The van der Waals surface area contributed by atoms with Crippen LogP contribution in [0.2, 0.25) is 0 Å². The van der Waals surface area contributed by atoms with E-state index < -0.39 is 0 Å². The fourth-order valence-electron chi connectivity index (χ4n) is 2.81. The Bertz CT molecular complexity index is 896. The Hall–Kier alpha value is -2.07. The third kappa shape index (κ3) is 3.70. The number of unbranched alkanes of at least 4 members (excludes halogenated alkanes) is 1. The van der Waals surface area contributed by atoms with Gasteiger partial charge in [0.1, 0.15) is 0 Å². The number of rotatable bonds is 6. The van der Waals surface area contributed by atoms with Crippen molar-refractivity contribution in [1.82, 2.24) is 9.97 Å². The molecule has 0 fully saturated rings. The number of nitrogens with one attached hydrogen (secondary N) is 1. The molecule has 0 aliphatic rings. The molecule has 0 radical (unpaired) electrons. The predicted molar refractivity (Wildman–Crippen MR) is 102 cm³/mol. The highest BCUT2D eigenvalue weighted by molar-refractivity contribution is 7.99. The van der Waals surface area contributed by atoms with Gasteiger partial charge in [-0.2, -0.15) is 0 Å². The van der Waals surface area contributed by atoms with E-state index in [1.54, 1.807) is 11.8 Å². The Kier molecular flexibility index (Phi) is 5.36. The third-order valence-electron chi connectivity index (χ3n) is 4.18. The second-order valence-electron chi connectivity index (χ2n) is 5.95. The van der Waals surface area contributed by atoms with Crippen LogP contribution in [-0.4, -0.2) is 15.7 Å². The largest absolute Gasteiger partial charge is 0.301 e. The maximum Gasteiger partial charge on any atom is 0.255 e. The van der Waals surface area contributed by atoms with E-state index in [1.807, 2.05) is 25.1 Å². The Labute approximate surface area is 146 Å². The Morgan fingerprint density at radius 1 is 1.12 bits per heavy atom. The summed E-state index contributed by atoms with van der Waals surface area (Å²) >= 11 is 1.62. The van der Waals surface area contributed by atoms with Gasteiger partial charge in [-0.05, 0) is 29.7 Å². The summed E-state index contributed by atoms with van der Waals surface area (Å²) in [6, 6.07) is 14.5. The lowest BCUT2D eigenvalue weighted by Gasteiger charge is -2.09. The van der Waals surface area contributed by atoms with Crippen molar-refractivity contribution in [2.75, 3.05) is 5.75 Å². The van der Waals surface area contributed by atoms with Crippen LogP contribution in [0.4, 0.5) is 0 Å². The molecular formula is C20H22N2OS. The number of fused-ring (bicyclic) bond motifs is 1. The highest BCUT2D eigenvalue weighted by atomic mass is 32.2. The first-order valence-corrected chi connectivity index (χ1v) is 9.37. The normalized spacial score (nSPS) is 11.1. The molecule has 3 rings (SSSR count). The van der Waals surface area contributed by atoms with E-state index in [9.17, 15) is 4.79 Å². The molecule has 1 aromatic heterocycles. The molecule has 0 aliphatic heterocycles. The molecule has 1 heterocycles. The van der Waals surface area contributed by atoms with Crippen molar-refractivity contribution in [2.45, 2.75) is 38.3 Å². The summed E-state index contributed by atoms with van der Waals surface area (Å²) in [6.45, 7) is 4.09. The van der Waals surface area contributed by atoms with E-state index in [1.165, 1.54) is 10.8 Å². The standard InChI is InChI=1S/C20H22N2OS/c1-3-4-12-24-20-21-14(2)18(19(23)22-20)13-16-10-7-9-15-8-5-6-11-17(15)16/h5-11H,3-4,12-13H2,1-2H3,(H,21,22,23). The first-order valence-electron chi connectivity index (χ1n) is 8.38. The number of thioether (sulfide) groups is 1. The molecule has 24 heavy (non-hydrogen) atoms. The number of aromatic amines is 1. The first kappa shape index (κ1) is 16.8. The lowest BCUT2D eigenvalue weighted by Crippen LogP contribution is -2.17. The van der Waals surface area contributed by atoms with Crippen molar-refractivity contribution >= 4 is 22.5 Å². The van der Waals surface area contributed by atoms with Gasteiger partial charge < -0.3 is 4.98 Å². The zero-order valence-corrected chi connectivity index (χ0v) is 15.0. The van der Waals surface area contributed by atoms with Gasteiger partial charge >= 0.3 is 0 Å². The Morgan fingerprint density at radius 3 is 2.71 bits per heavy atom. The van der Waals surface area contributed by atoms with Gasteiger partial charge in [0.2, 0.25) is 0 Å². The minimum absolute atomic E-state index is 0.0190. The maximum atomic E-state index is 12.5. The number of hydrogen-bond acceptors (Lipinski definition) is 3. The SMILES string of the molecule is CCCCSc1nc(C)c(Cc2cccc3ccccc23)c(=O)[nH]1. The Balaban J connectivity index is 1.91. The van der Waals surface area contributed by atoms with Gasteiger partial charge in [0.15, 0.2) is 5.16 Å². The van der Waals surface area contributed by atoms with Crippen LogP contribution in [0.25, 0.3) is 10.8 Å². The monoisotopic (exact) mass is 338 g/mol. The molecule has 3 aromatic rings. The third-order valence-corrected chi connectivity index (χ3v) is 5.14. The van der Waals surface area contributed by atoms with E-state index in [-0.39, 0.29) is 5.56 Å². The number of aromatic nitrogens is 2. The molecule has 1 N–H and O–H groups in total. The number of hydrogen-bond donors (Lipinski definition) is 1. The zero-order chi connectivity index (χ0) is 16.9. The van der Waals surface area contributed by atoms with Crippen LogP contribution in [0.3, 0.4) is 0 Å². The number of aryl methyl sites for hydroxylation is 1. The minimum Gasteiger partial charge on any atom is -0.301 e. The maximum absolute atomic E-state index is 12.5. The second-order valence-corrected chi connectivity index (χ2v) is 7.04. The molecule has 0 atom stereocenters. The van der Waals surface area contributed by atoms with Crippen LogP contribution in [0.1, 0.15) is 36.6 Å². The van der Waals surface area contributed by atoms with Gasteiger partial charge in [0, 0.05) is 23.4 Å². The lowest BCUT2D eigenvalue weighted by molar-refractivity contribution is 0.856. The molecule has 0 saturated carbocycles. The van der Waals surface area contributed by atoms with Gasteiger partial charge in [-0.15, -0.1) is 0 Å². The number of H-pyrrole nitrogens is 1. The number of nitrogens with zero attached hydrogens (tertiary/aromatic N) is 1. The average Bonchev–Trinajstić information content (AvgIpc) is 2.58. The van der Waals surface area contributed by atoms with Crippen LogP contribution in [-0.2, 0) is 6.42 Å². The highest BCUT2D eigenvalue weighted by Gasteiger charge is 2.11. The first-order chi connectivity index (χ1) is 11.7. The van der Waals surface area contributed by atoms with Crippen LogP contribution in [0.5, 0.6) is 0 Å². The minimum atomic E-state index is -0.0190. The molecule has 124 valence electrons. The highest BCUT2D eigenvalue weighted by Crippen LogP contribution is 2.22. The van der Waals surface area contributed by atoms with Crippen LogP contribution in [0.15, 0.2) is 52.4 Å². The van der Waals surface area contributed by atoms with Crippen molar-refractivity contribution in [3.05, 3.63) is 69.6 Å². The van der Waals surface area contributed by atoms with Crippen molar-refractivity contribution in [3.63, 3.8) is 0 Å². The fourth-order valence-corrected chi connectivity index (χ4v) is 3.80. The molecule has 4 heteroatoms. The van der Waals surface area contributed by atoms with Gasteiger partial charge in [-0.25, -0.2) is 4.98 Å². The van der Waals surface area contributed by atoms with E-state index in [0.717, 1.165) is 40.6 Å². The Morgan fingerprint density at radius 2 is 1.92 bits per heavy atom. The molecule has 0 spiro atoms. The van der Waals surface area contributed by atoms with E-state index in [2.05, 4.69) is 41.2 Å². The summed E-state index contributed by atoms with van der Waals surface area (Å²) in [4.78, 5) is 20.1. The molecular weight excluding hydrogens is 316 g/mol. The smallest absolute Gasteiger partial charge is 0.255 e. The summed E-state index contributed by atoms with van der Waals surface area (Å²) in [5.41, 5.74) is 2.72. The summed E-state index contributed by atoms with van der Waals surface area (Å²) < 4.78 is 0. The van der Waals surface area contributed by atoms with Gasteiger partial charge in [-0.3, -0.25) is 4.79 Å². The summed E-state index contributed by atoms with van der Waals surface area (Å²) in [5, 5.41) is 3.12. The van der Waals surface area contributed by atoms with E-state index in [0.29, 0.717) is 6.42 Å². The van der Waals surface area contributed by atoms with Gasteiger partial charge in [0.05, 0.1) is 0 Å². The van der Waals surface area contributed by atoms with Gasteiger partial charge in [0.25, 0.3) is 5.56 Å². The van der Waals surface area contributed by atoms with Crippen LogP contribution < -0.4 is 5.56 Å². The van der Waals surface area contributed by atoms with Crippen LogP contribution >= 0.6 is 11.8 Å². The second kappa shape index (κ2) is 7.67. The molecule has 0 amide bonds.